The number of nitrogens with zero attached hydrogens (tertiary/aromatic N) is 1. The second-order valence-electron chi connectivity index (χ2n) is 0.732. The molecule has 0 fully saturated rings. The summed E-state index contributed by atoms with van der Waals surface area (Å²) in [6, 6.07) is -0.532. The summed E-state index contributed by atoms with van der Waals surface area (Å²) in [5.74, 6) is 0. The quantitative estimate of drug-likeness (QED) is 0.177. The molecule has 1 atom stereocenters. The van der Waals surface area contributed by atoms with E-state index < -0.39 is 11.1 Å². The van der Waals surface area contributed by atoms with Crippen molar-refractivity contribution in [3.8, 4) is 0 Å². The van der Waals surface area contributed by atoms with Gasteiger partial charge in [-0.25, -0.2) is 4.79 Å². The van der Waals surface area contributed by atoms with E-state index in [0.717, 1.165) is 0 Å². The fourth-order valence-electron chi connectivity index (χ4n) is 0. The molecule has 9 heteroatoms. The fraction of sp³-hybridized carbons (Fsp3) is 0. The number of nitrogens with two attached hydrogens (primary N) is 1. The molecule has 0 bridgehead atoms. The average Bonchev–Trinajstić information content (AvgIpc) is 1.65. The first-order chi connectivity index (χ1) is 4.00. The summed E-state index contributed by atoms with van der Waals surface area (Å²) in [4.78, 5) is 17.7. The van der Waals surface area contributed by atoms with Crippen molar-refractivity contribution < 1.29 is 61.3 Å². The number of hydrogen-bond acceptors (Lipinski definition) is 4. The van der Waals surface area contributed by atoms with Crippen LogP contribution in [0.15, 0.2) is 0 Å². The van der Waals surface area contributed by atoms with Crippen molar-refractivity contribution in [3.05, 3.63) is 15.3 Å². The van der Waals surface area contributed by atoms with Gasteiger partial charge in [-0.3, -0.25) is 0 Å². The Kier molecular flexibility index (Phi) is 20.6. The van der Waals surface area contributed by atoms with E-state index in [1.54, 1.807) is 0 Å². The number of hydrogen-bond donors (Lipinski definition) is 2. The van der Waals surface area contributed by atoms with Crippen LogP contribution in [0, 0.1) is 15.3 Å². The Labute approximate surface area is 102 Å². The minimum atomic E-state index is -1.75. The molecular weight excluding hydrogens is 188 g/mol. The Morgan fingerprint density at radius 1 is 1.60 bits per heavy atom. The van der Waals surface area contributed by atoms with E-state index >= 15 is 0 Å². The van der Waals surface area contributed by atoms with Gasteiger partial charge in [0.25, 0.3) is 0 Å². The number of amides is 2. The first-order valence-corrected chi connectivity index (χ1v) is 2.16. The average molecular weight is 193 g/mol. The summed E-state index contributed by atoms with van der Waals surface area (Å²) in [6.07, 6.45) is 0. The third kappa shape index (κ3) is 75.4. The second kappa shape index (κ2) is 12.2. The van der Waals surface area contributed by atoms with E-state index in [-0.39, 0.29) is 51.4 Å². The maximum absolute atomic E-state index is 9.46. The molecular formula is CH5KN3O4P. The summed E-state index contributed by atoms with van der Waals surface area (Å²) in [7, 11) is 1.97. The maximum atomic E-state index is 9.46. The summed E-state index contributed by atoms with van der Waals surface area (Å²) in [6.45, 7) is 0. The third-order valence-corrected chi connectivity index (χ3v) is 0.427. The maximum Gasteiger partial charge on any atom is 1.00 e. The molecule has 0 heterocycles. The van der Waals surface area contributed by atoms with Crippen LogP contribution in [0.1, 0.15) is 0 Å². The minimum Gasteiger partial charge on any atom is -0.356 e. The molecule has 0 aromatic carbocycles. The van der Waals surface area contributed by atoms with Gasteiger partial charge in [0.2, 0.25) is 0 Å². The Hall–Kier alpha value is 0.536. The molecule has 1 unspecified atom stereocenters. The predicted octanol–water partition coefficient (Wildman–Crippen LogP) is -3.79. The van der Waals surface area contributed by atoms with Crippen LogP contribution in [0.25, 0.3) is 0 Å². The molecule has 2 amide bonds. The SMILES string of the molecule is NC(=O)NP.O=[N+]([O-])[O-].[K+]. The van der Waals surface area contributed by atoms with Crippen molar-refractivity contribution in [3.63, 3.8) is 0 Å². The van der Waals surface area contributed by atoms with Gasteiger partial charge in [-0.15, -0.1) is 0 Å². The van der Waals surface area contributed by atoms with Gasteiger partial charge in [-0.2, -0.15) is 0 Å². The standard InChI is InChI=1S/CH5N2OP.K.NO3/c2-1(4)3-5;;2-1(3)4/h5H2,(H3,2,3,4);;/q;+1;-1. The predicted molar refractivity (Wildman–Crippen MR) is 32.8 cm³/mol. The zero-order valence-corrected chi connectivity index (χ0v) is 9.51. The van der Waals surface area contributed by atoms with Crippen molar-refractivity contribution in [2.75, 3.05) is 0 Å². The second-order valence-corrected chi connectivity index (χ2v) is 1.02. The zero-order valence-electron chi connectivity index (χ0n) is 5.23. The van der Waals surface area contributed by atoms with E-state index in [1.165, 1.54) is 0 Å². The molecule has 0 rings (SSSR count). The molecule has 0 aromatic rings. The number of primary amides is 1. The van der Waals surface area contributed by atoms with Gasteiger partial charge < -0.3 is 26.1 Å². The molecule has 0 aliphatic heterocycles. The van der Waals surface area contributed by atoms with E-state index in [9.17, 15) is 4.79 Å². The van der Waals surface area contributed by atoms with E-state index in [0.29, 0.717) is 0 Å². The number of nitrogens with one attached hydrogen (secondary N) is 1. The normalized spacial score (nSPS) is 5.70. The molecule has 0 aliphatic carbocycles. The first-order valence-electron chi connectivity index (χ1n) is 1.58. The van der Waals surface area contributed by atoms with Crippen LogP contribution in [-0.4, -0.2) is 11.1 Å². The van der Waals surface area contributed by atoms with Crippen molar-refractivity contribution >= 4 is 15.4 Å². The van der Waals surface area contributed by atoms with E-state index in [2.05, 4.69) is 10.8 Å². The molecule has 7 nitrogen and oxygen atoms in total. The van der Waals surface area contributed by atoms with Gasteiger partial charge in [0.15, 0.2) is 0 Å². The van der Waals surface area contributed by atoms with Gasteiger partial charge in [-0.05, 0) is 9.39 Å². The smallest absolute Gasteiger partial charge is 0.356 e. The molecule has 10 heavy (non-hydrogen) atoms. The van der Waals surface area contributed by atoms with Crippen molar-refractivity contribution in [2.45, 2.75) is 0 Å². The van der Waals surface area contributed by atoms with Crippen LogP contribution >= 0.6 is 9.39 Å². The molecule has 54 valence electrons. The topological polar surface area (TPSA) is 121 Å². The van der Waals surface area contributed by atoms with Gasteiger partial charge in [-0.1, -0.05) is 0 Å². The molecule has 0 radical (unpaired) electrons. The van der Waals surface area contributed by atoms with Crippen LogP contribution < -0.4 is 62.2 Å². The van der Waals surface area contributed by atoms with Gasteiger partial charge >= 0.3 is 57.4 Å². The number of urea groups is 1. The fourth-order valence-corrected chi connectivity index (χ4v) is 0. The molecule has 0 aromatic heterocycles. The Morgan fingerprint density at radius 3 is 1.70 bits per heavy atom. The van der Waals surface area contributed by atoms with Crippen LogP contribution in [0.4, 0.5) is 4.79 Å². The Bertz CT molecular complexity index is 105. The molecule has 0 aliphatic rings. The van der Waals surface area contributed by atoms with Crippen molar-refractivity contribution in [1.82, 2.24) is 5.09 Å². The summed E-state index contributed by atoms with van der Waals surface area (Å²) >= 11 is 0. The van der Waals surface area contributed by atoms with Crippen LogP contribution in [0.2, 0.25) is 0 Å². The minimum absolute atomic E-state index is 0. The van der Waals surface area contributed by atoms with E-state index in [4.69, 9.17) is 15.3 Å². The Morgan fingerprint density at radius 2 is 1.70 bits per heavy atom. The monoisotopic (exact) mass is 193 g/mol. The van der Waals surface area contributed by atoms with Gasteiger partial charge in [0, 0.05) is 0 Å². The van der Waals surface area contributed by atoms with Gasteiger partial charge in [0.1, 0.15) is 0 Å². The number of rotatable bonds is 0. The summed E-state index contributed by atoms with van der Waals surface area (Å²) in [5.41, 5.74) is 4.52. The van der Waals surface area contributed by atoms with Crippen LogP contribution in [0.3, 0.4) is 0 Å². The van der Waals surface area contributed by atoms with Crippen LogP contribution in [-0.2, 0) is 0 Å². The molecule has 0 saturated carbocycles. The number of carbonyl (C=O) groups is 1. The number of carbonyl (C=O) groups excluding carboxylic acids is 1. The summed E-state index contributed by atoms with van der Waals surface area (Å²) in [5, 5.41) is 16.8. The largest absolute Gasteiger partial charge is 1.00 e. The van der Waals surface area contributed by atoms with Crippen molar-refractivity contribution in [1.29, 1.82) is 0 Å². The Balaban J connectivity index is -0.0000000910. The van der Waals surface area contributed by atoms with E-state index in [1.807, 2.05) is 9.39 Å². The van der Waals surface area contributed by atoms with Crippen molar-refractivity contribution in [2.24, 2.45) is 5.73 Å². The van der Waals surface area contributed by atoms with Crippen LogP contribution in [0.5, 0.6) is 0 Å². The third-order valence-electron chi connectivity index (χ3n) is 0.142. The summed E-state index contributed by atoms with van der Waals surface area (Å²) < 4.78 is 0. The first kappa shape index (κ1) is 16.9. The molecule has 3 N–H and O–H groups in total. The molecule has 0 saturated heterocycles. The zero-order chi connectivity index (χ0) is 7.86. The van der Waals surface area contributed by atoms with Gasteiger partial charge in [0.05, 0.1) is 5.09 Å². The molecule has 0 spiro atoms.